The summed E-state index contributed by atoms with van der Waals surface area (Å²) in [4.78, 5) is 16.0. The maximum atomic E-state index is 12.2. The lowest BCUT2D eigenvalue weighted by atomic mass is 10.1. The third kappa shape index (κ3) is 3.24. The minimum atomic E-state index is -3.38. The second kappa shape index (κ2) is 5.87. The predicted molar refractivity (Wildman–Crippen MR) is 79.0 cm³/mol. The van der Waals surface area contributed by atoms with Crippen molar-refractivity contribution in [2.45, 2.75) is 31.4 Å². The number of carbonyl (C=O) groups is 1. The van der Waals surface area contributed by atoms with Crippen molar-refractivity contribution in [1.29, 1.82) is 0 Å². The van der Waals surface area contributed by atoms with E-state index in [1.165, 1.54) is 0 Å². The Kier molecular flexibility index (Phi) is 4.56. The number of aryl methyl sites for hydroxylation is 1. The van der Waals surface area contributed by atoms with Crippen LogP contribution < -0.4 is 5.32 Å². The SMILES string of the molecule is Cc1cc(Cl)nc(Cl)c1NC(=O)C1CCCCS1(=O)=O. The van der Waals surface area contributed by atoms with Crippen molar-refractivity contribution in [1.82, 2.24) is 4.98 Å². The zero-order chi connectivity index (χ0) is 14.9. The molecule has 1 N–H and O–H groups in total. The first-order valence-electron chi connectivity index (χ1n) is 6.16. The Morgan fingerprint density at radius 3 is 2.70 bits per heavy atom. The fourth-order valence-corrected chi connectivity index (χ4v) is 4.58. The first-order chi connectivity index (χ1) is 9.31. The lowest BCUT2D eigenvalue weighted by Crippen LogP contribution is -2.39. The Morgan fingerprint density at radius 1 is 1.40 bits per heavy atom. The molecule has 0 aliphatic carbocycles. The average Bonchev–Trinajstić information content (AvgIpc) is 2.32. The topological polar surface area (TPSA) is 76.1 Å². The van der Waals surface area contributed by atoms with Crippen molar-refractivity contribution in [3.05, 3.63) is 21.9 Å². The second-order valence-electron chi connectivity index (χ2n) is 4.77. The molecule has 20 heavy (non-hydrogen) atoms. The van der Waals surface area contributed by atoms with Crippen LogP contribution in [0.4, 0.5) is 5.69 Å². The number of pyridine rings is 1. The minimum Gasteiger partial charge on any atom is -0.322 e. The predicted octanol–water partition coefficient (Wildman–Crippen LogP) is 2.60. The summed E-state index contributed by atoms with van der Waals surface area (Å²) in [5, 5.41) is 1.82. The summed E-state index contributed by atoms with van der Waals surface area (Å²) in [5.74, 6) is -0.504. The van der Waals surface area contributed by atoms with E-state index in [2.05, 4.69) is 10.3 Å². The Hall–Kier alpha value is -0.850. The average molecular weight is 337 g/mol. The third-order valence-corrected chi connectivity index (χ3v) is 5.90. The van der Waals surface area contributed by atoms with E-state index in [1.807, 2.05) is 0 Å². The summed E-state index contributed by atoms with van der Waals surface area (Å²) in [6.07, 6.45) is 1.67. The third-order valence-electron chi connectivity index (χ3n) is 3.26. The van der Waals surface area contributed by atoms with Gasteiger partial charge >= 0.3 is 0 Å². The van der Waals surface area contributed by atoms with Crippen molar-refractivity contribution < 1.29 is 13.2 Å². The van der Waals surface area contributed by atoms with Crippen LogP contribution in [0.3, 0.4) is 0 Å². The molecule has 1 fully saturated rings. The van der Waals surface area contributed by atoms with Crippen LogP contribution in [0.1, 0.15) is 24.8 Å². The van der Waals surface area contributed by atoms with E-state index < -0.39 is 21.0 Å². The molecular formula is C12H14Cl2N2O3S. The number of hydrogen-bond acceptors (Lipinski definition) is 4. The van der Waals surface area contributed by atoms with Gasteiger partial charge < -0.3 is 5.32 Å². The highest BCUT2D eigenvalue weighted by Gasteiger charge is 2.35. The quantitative estimate of drug-likeness (QED) is 0.842. The lowest BCUT2D eigenvalue weighted by molar-refractivity contribution is -0.116. The summed E-state index contributed by atoms with van der Waals surface area (Å²) in [7, 11) is -3.38. The first-order valence-corrected chi connectivity index (χ1v) is 8.63. The first kappa shape index (κ1) is 15.5. The largest absolute Gasteiger partial charge is 0.322 e. The van der Waals surface area contributed by atoms with Gasteiger partial charge in [-0.2, -0.15) is 0 Å². The molecule has 5 nitrogen and oxygen atoms in total. The monoisotopic (exact) mass is 336 g/mol. The summed E-state index contributed by atoms with van der Waals surface area (Å²) in [5.41, 5.74) is 0.943. The van der Waals surface area contributed by atoms with Crippen LogP contribution in [0.25, 0.3) is 0 Å². The van der Waals surface area contributed by atoms with E-state index in [1.54, 1.807) is 13.0 Å². The molecule has 0 saturated carbocycles. The minimum absolute atomic E-state index is 0.0523. The lowest BCUT2D eigenvalue weighted by Gasteiger charge is -2.22. The summed E-state index contributed by atoms with van der Waals surface area (Å²) >= 11 is 11.7. The number of amides is 1. The molecular weight excluding hydrogens is 323 g/mol. The zero-order valence-corrected chi connectivity index (χ0v) is 13.1. The Bertz CT molecular complexity index is 623. The molecule has 0 aromatic carbocycles. The number of hydrogen-bond donors (Lipinski definition) is 1. The molecule has 1 amide bonds. The molecule has 1 unspecified atom stereocenters. The van der Waals surface area contributed by atoms with E-state index in [-0.39, 0.29) is 16.1 Å². The van der Waals surface area contributed by atoms with Crippen LogP contribution in [0.15, 0.2) is 6.07 Å². The normalized spacial score (nSPS) is 21.4. The number of rotatable bonds is 2. The van der Waals surface area contributed by atoms with E-state index >= 15 is 0 Å². The van der Waals surface area contributed by atoms with Crippen LogP contribution in [0, 0.1) is 6.92 Å². The highest BCUT2D eigenvalue weighted by atomic mass is 35.5. The fourth-order valence-electron chi connectivity index (χ4n) is 2.20. The van der Waals surface area contributed by atoms with Gasteiger partial charge in [0, 0.05) is 0 Å². The number of aromatic nitrogens is 1. The van der Waals surface area contributed by atoms with Gasteiger partial charge in [0.2, 0.25) is 5.91 Å². The van der Waals surface area contributed by atoms with Gasteiger partial charge in [-0.3, -0.25) is 4.79 Å². The van der Waals surface area contributed by atoms with Gasteiger partial charge in [-0.25, -0.2) is 13.4 Å². The Morgan fingerprint density at radius 2 is 2.10 bits per heavy atom. The number of anilines is 1. The second-order valence-corrected chi connectivity index (χ2v) is 7.82. The molecule has 1 saturated heterocycles. The smallest absolute Gasteiger partial charge is 0.242 e. The highest BCUT2D eigenvalue weighted by molar-refractivity contribution is 7.92. The molecule has 1 aromatic rings. The maximum Gasteiger partial charge on any atom is 0.242 e. The zero-order valence-electron chi connectivity index (χ0n) is 10.8. The van der Waals surface area contributed by atoms with Crippen molar-refractivity contribution >= 4 is 44.6 Å². The summed E-state index contributed by atoms with van der Waals surface area (Å²) in [6.45, 7) is 1.71. The van der Waals surface area contributed by atoms with Gasteiger partial charge in [-0.05, 0) is 31.4 Å². The standard InChI is InChI=1S/C12H14Cl2N2O3S/c1-7-6-9(13)15-11(14)10(7)16-12(17)8-4-2-3-5-20(8,18)19/h6,8H,2-5H2,1H3,(H,16,17). The van der Waals surface area contributed by atoms with Crippen molar-refractivity contribution in [3.63, 3.8) is 0 Å². The number of nitrogens with one attached hydrogen (secondary N) is 1. The van der Waals surface area contributed by atoms with Crippen LogP contribution >= 0.6 is 23.2 Å². The molecule has 0 radical (unpaired) electrons. The fraction of sp³-hybridized carbons (Fsp3) is 0.500. The molecule has 1 atom stereocenters. The number of carbonyl (C=O) groups excluding carboxylic acids is 1. The number of sulfone groups is 1. The Labute approximate surface area is 127 Å². The number of nitrogens with zero attached hydrogens (tertiary/aromatic N) is 1. The van der Waals surface area contributed by atoms with E-state index in [9.17, 15) is 13.2 Å². The van der Waals surface area contributed by atoms with E-state index in [0.29, 0.717) is 24.1 Å². The van der Waals surface area contributed by atoms with Crippen LogP contribution in [0.2, 0.25) is 10.3 Å². The van der Waals surface area contributed by atoms with Crippen molar-refractivity contribution in [3.8, 4) is 0 Å². The van der Waals surface area contributed by atoms with Crippen LogP contribution in [-0.2, 0) is 14.6 Å². The van der Waals surface area contributed by atoms with Gasteiger partial charge in [0.15, 0.2) is 15.0 Å². The molecule has 1 aliphatic rings. The van der Waals surface area contributed by atoms with Crippen molar-refractivity contribution in [2.75, 3.05) is 11.1 Å². The molecule has 110 valence electrons. The van der Waals surface area contributed by atoms with Gasteiger partial charge in [0.1, 0.15) is 10.4 Å². The highest BCUT2D eigenvalue weighted by Crippen LogP contribution is 2.28. The van der Waals surface area contributed by atoms with Gasteiger partial charge in [0.25, 0.3) is 0 Å². The molecule has 2 rings (SSSR count). The Balaban J connectivity index is 2.24. The molecule has 0 spiro atoms. The van der Waals surface area contributed by atoms with Gasteiger partial charge in [0.05, 0.1) is 11.4 Å². The number of halogens is 2. The van der Waals surface area contributed by atoms with Crippen LogP contribution in [-0.4, -0.2) is 30.3 Å². The van der Waals surface area contributed by atoms with E-state index in [0.717, 1.165) is 6.42 Å². The van der Waals surface area contributed by atoms with Gasteiger partial charge in [-0.1, -0.05) is 29.6 Å². The molecule has 1 aliphatic heterocycles. The molecule has 8 heteroatoms. The maximum absolute atomic E-state index is 12.2. The van der Waals surface area contributed by atoms with Crippen LogP contribution in [0.5, 0.6) is 0 Å². The van der Waals surface area contributed by atoms with E-state index in [4.69, 9.17) is 23.2 Å². The summed E-state index contributed by atoms with van der Waals surface area (Å²) < 4.78 is 23.8. The van der Waals surface area contributed by atoms with Crippen molar-refractivity contribution in [2.24, 2.45) is 0 Å². The molecule has 0 bridgehead atoms. The molecule has 1 aromatic heterocycles. The summed E-state index contributed by atoms with van der Waals surface area (Å²) in [6, 6.07) is 1.55. The van der Waals surface area contributed by atoms with Gasteiger partial charge in [-0.15, -0.1) is 0 Å². The molecule has 2 heterocycles.